The average Bonchev–Trinajstić information content (AvgIpc) is 2.59. The van der Waals surface area contributed by atoms with Crippen LogP contribution >= 0.6 is 0 Å². The highest BCUT2D eigenvalue weighted by Crippen LogP contribution is 2.28. The van der Waals surface area contributed by atoms with Crippen LogP contribution in [0.4, 0.5) is 10.5 Å². The summed E-state index contributed by atoms with van der Waals surface area (Å²) in [4.78, 5) is 22.3. The SMILES string of the molecule is CC(C)C(C(=O)O)N(c1ccc(-c2ccc(OC(N)=O)cc2)cc1)S(=O)O. The van der Waals surface area contributed by atoms with Crippen molar-refractivity contribution in [2.45, 2.75) is 19.9 Å². The molecule has 2 atom stereocenters. The van der Waals surface area contributed by atoms with E-state index in [1.165, 1.54) is 0 Å². The molecule has 0 aliphatic carbocycles. The Bertz CT molecular complexity index is 836. The molecule has 2 aromatic carbocycles. The molecule has 0 aromatic heterocycles. The van der Waals surface area contributed by atoms with E-state index in [1.54, 1.807) is 62.4 Å². The van der Waals surface area contributed by atoms with Gasteiger partial charge in [-0.1, -0.05) is 38.1 Å². The molecular formula is C18H20N2O6S. The minimum absolute atomic E-state index is 0.311. The summed E-state index contributed by atoms with van der Waals surface area (Å²) in [5, 5.41) is 9.41. The van der Waals surface area contributed by atoms with E-state index in [9.17, 15) is 23.5 Å². The van der Waals surface area contributed by atoms with Crippen molar-refractivity contribution in [3.63, 3.8) is 0 Å². The molecule has 0 aliphatic heterocycles. The topological polar surface area (TPSA) is 130 Å². The van der Waals surface area contributed by atoms with Crippen molar-refractivity contribution < 1.29 is 28.2 Å². The Morgan fingerprint density at radius 2 is 1.52 bits per heavy atom. The summed E-state index contributed by atoms with van der Waals surface area (Å²) in [6, 6.07) is 12.0. The minimum Gasteiger partial charge on any atom is -0.480 e. The lowest BCUT2D eigenvalue weighted by Crippen LogP contribution is -2.45. The molecule has 27 heavy (non-hydrogen) atoms. The highest BCUT2D eigenvalue weighted by atomic mass is 32.2. The van der Waals surface area contributed by atoms with Crippen LogP contribution in [0.2, 0.25) is 0 Å². The molecule has 1 amide bonds. The zero-order valence-electron chi connectivity index (χ0n) is 14.7. The van der Waals surface area contributed by atoms with Gasteiger partial charge in [-0.05, 0) is 41.3 Å². The smallest absolute Gasteiger partial charge is 0.409 e. The van der Waals surface area contributed by atoms with Crippen molar-refractivity contribution in [2.24, 2.45) is 11.7 Å². The van der Waals surface area contributed by atoms with Crippen molar-refractivity contribution in [3.8, 4) is 16.9 Å². The first-order chi connectivity index (χ1) is 12.7. The Hall–Kier alpha value is -2.91. The van der Waals surface area contributed by atoms with Gasteiger partial charge in [0.25, 0.3) is 11.3 Å². The summed E-state index contributed by atoms with van der Waals surface area (Å²) in [7, 11) is 0. The molecule has 144 valence electrons. The van der Waals surface area contributed by atoms with Gasteiger partial charge >= 0.3 is 12.1 Å². The Morgan fingerprint density at radius 3 is 1.89 bits per heavy atom. The summed E-state index contributed by atoms with van der Waals surface area (Å²) in [5.74, 6) is -1.25. The molecule has 0 bridgehead atoms. The van der Waals surface area contributed by atoms with E-state index >= 15 is 0 Å². The molecule has 9 heteroatoms. The number of ether oxygens (including phenoxy) is 1. The first-order valence-corrected chi connectivity index (χ1v) is 9.08. The summed E-state index contributed by atoms with van der Waals surface area (Å²) < 4.78 is 27.1. The number of carbonyl (C=O) groups excluding carboxylic acids is 1. The Labute approximate surface area is 159 Å². The Kier molecular flexibility index (Phi) is 6.54. The molecule has 8 nitrogen and oxygen atoms in total. The number of primary amides is 1. The lowest BCUT2D eigenvalue weighted by atomic mass is 10.0. The van der Waals surface area contributed by atoms with Crippen LogP contribution < -0.4 is 14.8 Å². The number of amides is 1. The van der Waals surface area contributed by atoms with Gasteiger partial charge in [0.2, 0.25) is 0 Å². The molecule has 0 saturated carbocycles. The van der Waals surface area contributed by atoms with Gasteiger partial charge < -0.3 is 15.6 Å². The maximum atomic E-state index is 11.8. The van der Waals surface area contributed by atoms with Crippen LogP contribution in [-0.2, 0) is 16.1 Å². The fourth-order valence-corrected chi connectivity index (χ4v) is 3.47. The van der Waals surface area contributed by atoms with Gasteiger partial charge in [-0.2, -0.15) is 0 Å². The van der Waals surface area contributed by atoms with Crippen LogP contribution in [0.25, 0.3) is 11.1 Å². The number of nitrogens with two attached hydrogens (primary N) is 1. The highest BCUT2D eigenvalue weighted by Gasteiger charge is 2.32. The van der Waals surface area contributed by atoms with E-state index in [-0.39, 0.29) is 5.92 Å². The van der Waals surface area contributed by atoms with Gasteiger partial charge in [-0.3, -0.25) is 8.86 Å². The molecule has 0 aliphatic rings. The van der Waals surface area contributed by atoms with Gasteiger partial charge in [0.15, 0.2) is 0 Å². The number of aliphatic carboxylic acids is 1. The standard InChI is InChI=1S/C18H20N2O6S/c1-11(2)16(17(21)22)20(27(24)25)14-7-3-12(4-8-14)13-5-9-15(10-6-13)26-18(19)23/h3-11,16H,1-2H3,(H2,19,23)(H,21,22)(H,24,25). The number of anilines is 1. The maximum Gasteiger partial charge on any atom is 0.409 e. The van der Waals surface area contributed by atoms with E-state index in [0.29, 0.717) is 11.4 Å². The van der Waals surface area contributed by atoms with E-state index < -0.39 is 29.4 Å². The molecule has 0 saturated heterocycles. The summed E-state index contributed by atoms with van der Waals surface area (Å²) in [6.07, 6.45) is -0.901. The molecule has 0 spiro atoms. The van der Waals surface area contributed by atoms with Gasteiger partial charge in [0.1, 0.15) is 11.8 Å². The summed E-state index contributed by atoms with van der Waals surface area (Å²) in [5.41, 5.74) is 6.88. The van der Waals surface area contributed by atoms with Gasteiger partial charge in [-0.25, -0.2) is 13.8 Å². The van der Waals surface area contributed by atoms with Gasteiger partial charge in [0, 0.05) is 0 Å². The largest absolute Gasteiger partial charge is 0.480 e. The number of carbonyl (C=O) groups is 2. The number of benzene rings is 2. The van der Waals surface area contributed by atoms with E-state index in [2.05, 4.69) is 0 Å². The number of rotatable bonds is 7. The third-order valence-corrected chi connectivity index (χ3v) is 4.61. The van der Waals surface area contributed by atoms with E-state index in [1.807, 2.05) is 0 Å². The van der Waals surface area contributed by atoms with Crippen molar-refractivity contribution in [1.82, 2.24) is 0 Å². The zero-order chi connectivity index (χ0) is 20.1. The molecule has 2 aromatic rings. The van der Waals surface area contributed by atoms with Crippen LogP contribution in [0.5, 0.6) is 5.75 Å². The van der Waals surface area contributed by atoms with Crippen molar-refractivity contribution in [2.75, 3.05) is 4.31 Å². The normalized spacial score (nSPS) is 13.0. The van der Waals surface area contributed by atoms with Crippen LogP contribution in [0.1, 0.15) is 13.8 Å². The minimum atomic E-state index is -2.49. The van der Waals surface area contributed by atoms with E-state index in [0.717, 1.165) is 15.4 Å². The molecule has 0 radical (unpaired) electrons. The fraction of sp³-hybridized carbons (Fsp3) is 0.222. The lowest BCUT2D eigenvalue weighted by molar-refractivity contribution is -0.139. The number of carboxylic acids is 1. The maximum absolute atomic E-state index is 11.8. The molecule has 2 unspecified atom stereocenters. The predicted molar refractivity (Wildman–Crippen MR) is 102 cm³/mol. The lowest BCUT2D eigenvalue weighted by Gasteiger charge is -2.29. The number of nitrogens with zero attached hydrogens (tertiary/aromatic N) is 1. The first-order valence-electron chi connectivity index (χ1n) is 8.01. The van der Waals surface area contributed by atoms with Crippen molar-refractivity contribution >= 4 is 29.0 Å². The van der Waals surface area contributed by atoms with E-state index in [4.69, 9.17) is 10.5 Å². The van der Waals surface area contributed by atoms with Crippen LogP contribution in [0, 0.1) is 5.92 Å². The monoisotopic (exact) mass is 392 g/mol. The summed E-state index contributed by atoms with van der Waals surface area (Å²) in [6.45, 7) is 3.34. The fourth-order valence-electron chi connectivity index (χ4n) is 2.64. The Balaban J connectivity index is 2.30. The molecule has 0 fully saturated rings. The van der Waals surface area contributed by atoms with Crippen molar-refractivity contribution in [1.29, 1.82) is 0 Å². The third kappa shape index (κ3) is 5.05. The number of carboxylic acid groups (broad SMARTS) is 1. The van der Waals surface area contributed by atoms with Crippen LogP contribution in [-0.4, -0.2) is 32.0 Å². The number of hydrogen-bond acceptors (Lipinski definition) is 4. The van der Waals surface area contributed by atoms with Crippen LogP contribution in [0.15, 0.2) is 48.5 Å². The van der Waals surface area contributed by atoms with Gasteiger partial charge in [0.05, 0.1) is 5.69 Å². The van der Waals surface area contributed by atoms with Gasteiger partial charge in [-0.15, -0.1) is 0 Å². The second-order valence-corrected chi connectivity index (χ2v) is 6.93. The molecule has 0 heterocycles. The molecular weight excluding hydrogens is 372 g/mol. The molecule has 2 rings (SSSR count). The zero-order valence-corrected chi connectivity index (χ0v) is 15.6. The third-order valence-electron chi connectivity index (χ3n) is 3.83. The molecule has 4 N–H and O–H groups in total. The average molecular weight is 392 g/mol. The second kappa shape index (κ2) is 8.65. The van der Waals surface area contributed by atoms with Crippen molar-refractivity contribution in [3.05, 3.63) is 48.5 Å². The highest BCUT2D eigenvalue weighted by molar-refractivity contribution is 7.80. The quantitative estimate of drug-likeness (QED) is 0.621. The Morgan fingerprint density at radius 1 is 1.04 bits per heavy atom. The number of hydrogen-bond donors (Lipinski definition) is 3. The first kappa shape index (κ1) is 20.4. The predicted octanol–water partition coefficient (Wildman–Crippen LogP) is 2.86. The summed E-state index contributed by atoms with van der Waals surface area (Å²) >= 11 is -2.49. The second-order valence-electron chi connectivity index (χ2n) is 6.08. The van der Waals surface area contributed by atoms with Crippen LogP contribution in [0.3, 0.4) is 0 Å².